The third kappa shape index (κ3) is 3.64. The normalized spacial score (nSPS) is 10.5. The van der Waals surface area contributed by atoms with Crippen LogP contribution >= 0.6 is 11.6 Å². The minimum Gasteiger partial charge on any atom is -0.317 e. The van der Waals surface area contributed by atoms with Crippen LogP contribution in [0.4, 0.5) is 4.39 Å². The van der Waals surface area contributed by atoms with Crippen LogP contribution in [-0.4, -0.2) is 13.1 Å². The van der Waals surface area contributed by atoms with Gasteiger partial charge in [0.15, 0.2) is 0 Å². The first-order valence-electron chi connectivity index (χ1n) is 4.88. The lowest BCUT2D eigenvalue weighted by Gasteiger charge is -2.03. The van der Waals surface area contributed by atoms with Crippen molar-refractivity contribution in [3.8, 4) is 0 Å². The van der Waals surface area contributed by atoms with Crippen molar-refractivity contribution < 1.29 is 4.39 Å². The zero-order chi connectivity index (χ0) is 10.4. The van der Waals surface area contributed by atoms with E-state index in [-0.39, 0.29) is 10.8 Å². The molecule has 1 nitrogen and oxygen atoms in total. The van der Waals surface area contributed by atoms with Crippen LogP contribution in [0, 0.1) is 5.82 Å². The van der Waals surface area contributed by atoms with Crippen LogP contribution in [0.2, 0.25) is 5.02 Å². The average molecular weight is 216 g/mol. The zero-order valence-electron chi connectivity index (χ0n) is 8.32. The molecule has 0 fully saturated rings. The number of hydrogen-bond acceptors (Lipinski definition) is 1. The molecule has 1 aromatic carbocycles. The SMILES string of the molecule is CCNCCCc1ccc(F)c(Cl)c1. The fourth-order valence-corrected chi connectivity index (χ4v) is 1.49. The van der Waals surface area contributed by atoms with Gasteiger partial charge in [-0.25, -0.2) is 4.39 Å². The van der Waals surface area contributed by atoms with Gasteiger partial charge in [-0.2, -0.15) is 0 Å². The second-order valence-electron chi connectivity index (χ2n) is 3.21. The summed E-state index contributed by atoms with van der Waals surface area (Å²) >= 11 is 5.66. The highest BCUT2D eigenvalue weighted by atomic mass is 35.5. The van der Waals surface area contributed by atoms with Crippen LogP contribution in [0.5, 0.6) is 0 Å². The number of rotatable bonds is 5. The first-order chi connectivity index (χ1) is 6.74. The van der Waals surface area contributed by atoms with E-state index >= 15 is 0 Å². The van der Waals surface area contributed by atoms with Gasteiger partial charge in [-0.1, -0.05) is 24.6 Å². The van der Waals surface area contributed by atoms with Crippen molar-refractivity contribution in [1.82, 2.24) is 5.32 Å². The van der Waals surface area contributed by atoms with Gasteiger partial charge in [-0.3, -0.25) is 0 Å². The Bertz CT molecular complexity index is 289. The van der Waals surface area contributed by atoms with Crippen LogP contribution in [0.3, 0.4) is 0 Å². The molecule has 78 valence electrons. The maximum Gasteiger partial charge on any atom is 0.141 e. The lowest BCUT2D eigenvalue weighted by molar-refractivity contribution is 0.626. The predicted octanol–water partition coefficient (Wildman–Crippen LogP) is 3.02. The van der Waals surface area contributed by atoms with E-state index in [4.69, 9.17) is 11.6 Å². The molecule has 0 aliphatic heterocycles. The third-order valence-electron chi connectivity index (χ3n) is 2.05. The van der Waals surface area contributed by atoms with Gasteiger partial charge in [0.1, 0.15) is 5.82 Å². The summed E-state index contributed by atoms with van der Waals surface area (Å²) in [5.74, 6) is -0.345. The van der Waals surface area contributed by atoms with Gasteiger partial charge < -0.3 is 5.32 Å². The Kier molecular flexibility index (Phi) is 4.91. The van der Waals surface area contributed by atoms with E-state index in [1.807, 2.05) is 0 Å². The summed E-state index contributed by atoms with van der Waals surface area (Å²) in [4.78, 5) is 0. The number of benzene rings is 1. The molecule has 3 heteroatoms. The van der Waals surface area contributed by atoms with Crippen LogP contribution in [0.1, 0.15) is 18.9 Å². The summed E-state index contributed by atoms with van der Waals surface area (Å²) in [6.45, 7) is 4.06. The third-order valence-corrected chi connectivity index (χ3v) is 2.34. The molecule has 1 rings (SSSR count). The summed E-state index contributed by atoms with van der Waals surface area (Å²) in [7, 11) is 0. The molecule has 14 heavy (non-hydrogen) atoms. The number of nitrogens with one attached hydrogen (secondary N) is 1. The minimum atomic E-state index is -0.345. The largest absolute Gasteiger partial charge is 0.317 e. The van der Waals surface area contributed by atoms with Crippen molar-refractivity contribution >= 4 is 11.6 Å². The van der Waals surface area contributed by atoms with Crippen molar-refractivity contribution in [2.24, 2.45) is 0 Å². The topological polar surface area (TPSA) is 12.0 Å². The Hall–Kier alpha value is -0.600. The highest BCUT2D eigenvalue weighted by Crippen LogP contribution is 2.16. The molecular weight excluding hydrogens is 201 g/mol. The molecule has 0 heterocycles. The van der Waals surface area contributed by atoms with Crippen LogP contribution in [0.25, 0.3) is 0 Å². The van der Waals surface area contributed by atoms with Gasteiger partial charge in [0.2, 0.25) is 0 Å². The molecule has 0 radical (unpaired) electrons. The predicted molar refractivity (Wildman–Crippen MR) is 58.3 cm³/mol. The number of hydrogen-bond donors (Lipinski definition) is 1. The molecule has 0 unspecified atom stereocenters. The Morgan fingerprint density at radius 3 is 2.86 bits per heavy atom. The smallest absolute Gasteiger partial charge is 0.141 e. The Labute approximate surface area is 89.3 Å². The molecule has 1 aromatic rings. The quantitative estimate of drug-likeness (QED) is 0.745. The molecule has 1 N–H and O–H groups in total. The molecule has 0 aliphatic carbocycles. The van der Waals surface area contributed by atoms with Gasteiger partial charge in [0, 0.05) is 0 Å². The van der Waals surface area contributed by atoms with E-state index in [1.165, 1.54) is 6.07 Å². The van der Waals surface area contributed by atoms with Gasteiger partial charge in [-0.15, -0.1) is 0 Å². The fraction of sp³-hybridized carbons (Fsp3) is 0.455. The lowest BCUT2D eigenvalue weighted by atomic mass is 10.1. The zero-order valence-corrected chi connectivity index (χ0v) is 9.07. The van der Waals surface area contributed by atoms with E-state index < -0.39 is 0 Å². The molecule has 0 aromatic heterocycles. The second kappa shape index (κ2) is 5.99. The highest BCUT2D eigenvalue weighted by Gasteiger charge is 2.00. The molecule has 0 atom stereocenters. The lowest BCUT2D eigenvalue weighted by Crippen LogP contribution is -2.14. The Morgan fingerprint density at radius 1 is 1.43 bits per heavy atom. The van der Waals surface area contributed by atoms with E-state index in [0.717, 1.165) is 31.5 Å². The summed E-state index contributed by atoms with van der Waals surface area (Å²) in [5.41, 5.74) is 1.09. The van der Waals surface area contributed by atoms with Gasteiger partial charge in [-0.05, 0) is 43.6 Å². The molecule has 0 saturated heterocycles. The summed E-state index contributed by atoms with van der Waals surface area (Å²) in [6, 6.07) is 4.90. The van der Waals surface area contributed by atoms with Crippen LogP contribution in [0.15, 0.2) is 18.2 Å². The van der Waals surface area contributed by atoms with Crippen molar-refractivity contribution in [3.05, 3.63) is 34.6 Å². The first-order valence-corrected chi connectivity index (χ1v) is 5.26. The molecule has 0 amide bonds. The van der Waals surface area contributed by atoms with Crippen molar-refractivity contribution in [2.75, 3.05) is 13.1 Å². The van der Waals surface area contributed by atoms with Crippen molar-refractivity contribution in [1.29, 1.82) is 0 Å². The minimum absolute atomic E-state index is 0.214. The van der Waals surface area contributed by atoms with Crippen LogP contribution in [-0.2, 0) is 6.42 Å². The van der Waals surface area contributed by atoms with Gasteiger partial charge in [0.05, 0.1) is 5.02 Å². The Morgan fingerprint density at radius 2 is 2.21 bits per heavy atom. The van der Waals surface area contributed by atoms with E-state index in [9.17, 15) is 4.39 Å². The highest BCUT2D eigenvalue weighted by molar-refractivity contribution is 6.30. The van der Waals surface area contributed by atoms with Crippen molar-refractivity contribution in [2.45, 2.75) is 19.8 Å². The number of halogens is 2. The van der Waals surface area contributed by atoms with Crippen LogP contribution < -0.4 is 5.32 Å². The maximum absolute atomic E-state index is 12.8. The maximum atomic E-state index is 12.8. The number of aryl methyl sites for hydroxylation is 1. The molecule has 0 saturated carbocycles. The molecule has 0 aliphatic rings. The van der Waals surface area contributed by atoms with Gasteiger partial charge >= 0.3 is 0 Å². The van der Waals surface area contributed by atoms with E-state index in [1.54, 1.807) is 12.1 Å². The fourth-order valence-electron chi connectivity index (χ4n) is 1.29. The molecule has 0 spiro atoms. The Balaban J connectivity index is 2.39. The standard InChI is InChI=1S/C11H15ClFN/c1-2-14-7-3-4-9-5-6-11(13)10(12)8-9/h5-6,8,14H,2-4,7H2,1H3. The monoisotopic (exact) mass is 215 g/mol. The van der Waals surface area contributed by atoms with Crippen molar-refractivity contribution in [3.63, 3.8) is 0 Å². The van der Waals surface area contributed by atoms with E-state index in [0.29, 0.717) is 0 Å². The van der Waals surface area contributed by atoms with Gasteiger partial charge in [0.25, 0.3) is 0 Å². The summed E-state index contributed by atoms with van der Waals surface area (Å²) in [5, 5.41) is 3.45. The van der Waals surface area contributed by atoms with E-state index in [2.05, 4.69) is 12.2 Å². The molecular formula is C11H15ClFN. The average Bonchev–Trinajstić information content (AvgIpc) is 2.18. The summed E-state index contributed by atoms with van der Waals surface area (Å²) < 4.78 is 12.8. The summed E-state index contributed by atoms with van der Waals surface area (Å²) in [6.07, 6.45) is 1.99. The molecule has 0 bridgehead atoms. The first kappa shape index (κ1) is 11.5. The second-order valence-corrected chi connectivity index (χ2v) is 3.61.